The van der Waals surface area contributed by atoms with Crippen molar-refractivity contribution in [1.82, 2.24) is 4.57 Å². The van der Waals surface area contributed by atoms with E-state index in [-0.39, 0.29) is 5.41 Å². The summed E-state index contributed by atoms with van der Waals surface area (Å²) in [7, 11) is 0. The van der Waals surface area contributed by atoms with Gasteiger partial charge in [-0.05, 0) is 110 Å². The van der Waals surface area contributed by atoms with E-state index in [0.29, 0.717) is 11.8 Å². The van der Waals surface area contributed by atoms with E-state index in [2.05, 4.69) is 230 Å². The standard InChI is InChI=1S/C58H42N2/c1-57(2)47-25-9-3-19-40(47)43-34-33-39(36-52(43)57)59(37-17-15-18-38(35-37)60-53-30-13-7-22-44(53)45-23-8-14-31-54(45)60)55-32-16-29-51-56(55)46-24-6-12-28-50(46)58(51)48-26-10-4-20-41(48)42-21-5-11-27-49(42)58/h3-36,40,47H,1-2H3. The third-order valence-corrected chi connectivity index (χ3v) is 14.5. The molecule has 2 heteroatoms. The molecular weight excluding hydrogens is 725 g/mol. The quantitative estimate of drug-likeness (QED) is 0.173. The molecule has 4 aliphatic rings. The molecule has 0 bridgehead atoms. The third kappa shape index (κ3) is 4.28. The second-order valence-electron chi connectivity index (χ2n) is 17.6. The van der Waals surface area contributed by atoms with Crippen LogP contribution >= 0.6 is 0 Å². The fourth-order valence-electron chi connectivity index (χ4n) is 12.0. The van der Waals surface area contributed by atoms with E-state index in [1.54, 1.807) is 0 Å². The van der Waals surface area contributed by atoms with Gasteiger partial charge < -0.3 is 9.47 Å². The van der Waals surface area contributed by atoms with Gasteiger partial charge in [0.05, 0.1) is 22.1 Å². The zero-order chi connectivity index (χ0) is 39.7. The first kappa shape index (κ1) is 33.8. The Morgan fingerprint density at radius 3 is 1.75 bits per heavy atom. The van der Waals surface area contributed by atoms with Gasteiger partial charge >= 0.3 is 0 Å². The average molecular weight is 767 g/mol. The number of fused-ring (bicyclic) bond motifs is 16. The van der Waals surface area contributed by atoms with Gasteiger partial charge in [-0.1, -0.05) is 172 Å². The van der Waals surface area contributed by atoms with Crippen LogP contribution in [-0.4, -0.2) is 4.57 Å². The number of para-hydroxylation sites is 2. The minimum Gasteiger partial charge on any atom is -0.310 e. The van der Waals surface area contributed by atoms with Crippen LogP contribution in [0.2, 0.25) is 0 Å². The molecule has 0 aliphatic heterocycles. The topological polar surface area (TPSA) is 8.17 Å². The highest BCUT2D eigenvalue weighted by Gasteiger charge is 2.52. The van der Waals surface area contributed by atoms with Gasteiger partial charge in [-0.2, -0.15) is 0 Å². The second-order valence-corrected chi connectivity index (χ2v) is 17.6. The molecule has 0 saturated heterocycles. The molecule has 60 heavy (non-hydrogen) atoms. The van der Waals surface area contributed by atoms with E-state index in [9.17, 15) is 0 Å². The van der Waals surface area contributed by atoms with Gasteiger partial charge in [0.25, 0.3) is 0 Å². The minimum atomic E-state index is -0.431. The maximum Gasteiger partial charge on any atom is 0.0726 e. The van der Waals surface area contributed by atoms with E-state index in [1.165, 1.54) is 88.8 Å². The van der Waals surface area contributed by atoms with Crippen molar-refractivity contribution in [3.8, 4) is 27.9 Å². The minimum absolute atomic E-state index is 0.0275. The Labute approximate surface area is 351 Å². The van der Waals surface area contributed by atoms with E-state index < -0.39 is 5.41 Å². The molecule has 1 spiro atoms. The van der Waals surface area contributed by atoms with Gasteiger partial charge in [-0.25, -0.2) is 0 Å². The average Bonchev–Trinajstić information content (AvgIpc) is 3.97. The highest BCUT2D eigenvalue weighted by Crippen LogP contribution is 2.65. The molecule has 4 aliphatic carbocycles. The van der Waals surface area contributed by atoms with Crippen LogP contribution in [0.1, 0.15) is 53.1 Å². The molecule has 13 rings (SSSR count). The Morgan fingerprint density at radius 1 is 0.467 bits per heavy atom. The molecule has 2 atom stereocenters. The Hall–Kier alpha value is -7.16. The molecule has 284 valence electrons. The number of aromatic nitrogens is 1. The van der Waals surface area contributed by atoms with Crippen molar-refractivity contribution in [2.75, 3.05) is 4.90 Å². The fourth-order valence-corrected chi connectivity index (χ4v) is 12.0. The largest absolute Gasteiger partial charge is 0.310 e. The number of nitrogens with zero attached hydrogens (tertiary/aromatic N) is 2. The Morgan fingerprint density at radius 2 is 1.03 bits per heavy atom. The van der Waals surface area contributed by atoms with E-state index in [1.807, 2.05) is 0 Å². The molecule has 1 aromatic heterocycles. The van der Waals surface area contributed by atoms with Gasteiger partial charge in [0, 0.05) is 39.3 Å². The van der Waals surface area contributed by atoms with Gasteiger partial charge in [0.1, 0.15) is 0 Å². The summed E-state index contributed by atoms with van der Waals surface area (Å²) in [5, 5.41) is 2.53. The van der Waals surface area contributed by atoms with Crippen LogP contribution in [0.3, 0.4) is 0 Å². The molecular formula is C58H42N2. The second kappa shape index (κ2) is 12.2. The van der Waals surface area contributed by atoms with E-state index in [4.69, 9.17) is 0 Å². The lowest BCUT2D eigenvalue weighted by atomic mass is 9.70. The number of hydrogen-bond acceptors (Lipinski definition) is 1. The van der Waals surface area contributed by atoms with Gasteiger partial charge in [0.15, 0.2) is 0 Å². The molecule has 9 aromatic rings. The fraction of sp³-hybridized carbons (Fsp3) is 0.103. The van der Waals surface area contributed by atoms with Crippen molar-refractivity contribution in [2.45, 2.75) is 30.6 Å². The molecule has 8 aromatic carbocycles. The van der Waals surface area contributed by atoms with E-state index in [0.717, 1.165) is 11.4 Å². The molecule has 0 fully saturated rings. The molecule has 0 N–H and O–H groups in total. The van der Waals surface area contributed by atoms with Crippen LogP contribution in [0.25, 0.3) is 49.7 Å². The highest BCUT2D eigenvalue weighted by molar-refractivity contribution is 6.09. The van der Waals surface area contributed by atoms with Crippen LogP contribution in [0.4, 0.5) is 17.1 Å². The lowest BCUT2D eigenvalue weighted by Gasteiger charge is -2.32. The molecule has 0 radical (unpaired) electrons. The van der Waals surface area contributed by atoms with Crippen molar-refractivity contribution in [1.29, 1.82) is 0 Å². The summed E-state index contributed by atoms with van der Waals surface area (Å²) < 4.78 is 2.44. The summed E-state index contributed by atoms with van der Waals surface area (Å²) in [6, 6.07) is 68.6. The third-order valence-electron chi connectivity index (χ3n) is 14.5. The first-order valence-corrected chi connectivity index (χ1v) is 21.4. The maximum absolute atomic E-state index is 2.56. The van der Waals surface area contributed by atoms with Crippen LogP contribution < -0.4 is 4.90 Å². The van der Waals surface area contributed by atoms with Crippen LogP contribution in [0, 0.1) is 5.92 Å². The first-order chi connectivity index (χ1) is 29.5. The summed E-state index contributed by atoms with van der Waals surface area (Å²) in [6.07, 6.45) is 9.30. The first-order valence-electron chi connectivity index (χ1n) is 21.4. The van der Waals surface area contributed by atoms with Crippen LogP contribution in [0.5, 0.6) is 0 Å². The predicted molar refractivity (Wildman–Crippen MR) is 249 cm³/mol. The summed E-state index contributed by atoms with van der Waals surface area (Å²) in [5.41, 5.74) is 20.1. The monoisotopic (exact) mass is 766 g/mol. The van der Waals surface area contributed by atoms with E-state index >= 15 is 0 Å². The lowest BCUT2D eigenvalue weighted by Crippen LogP contribution is -2.26. The summed E-state index contributed by atoms with van der Waals surface area (Å²) in [6.45, 7) is 4.87. The Kier molecular flexibility index (Phi) is 6.86. The summed E-state index contributed by atoms with van der Waals surface area (Å²) in [5.74, 6) is 0.811. The molecule has 2 nitrogen and oxygen atoms in total. The summed E-state index contributed by atoms with van der Waals surface area (Å²) >= 11 is 0. The molecule has 1 heterocycles. The Balaban J connectivity index is 1.10. The predicted octanol–water partition coefficient (Wildman–Crippen LogP) is 14.7. The maximum atomic E-state index is 2.56. The van der Waals surface area contributed by atoms with Crippen LogP contribution in [-0.2, 0) is 10.8 Å². The van der Waals surface area contributed by atoms with Crippen LogP contribution in [0.15, 0.2) is 206 Å². The van der Waals surface area contributed by atoms with Crippen molar-refractivity contribution in [3.63, 3.8) is 0 Å². The number of benzene rings is 8. The van der Waals surface area contributed by atoms with Crippen molar-refractivity contribution in [2.24, 2.45) is 5.92 Å². The highest BCUT2D eigenvalue weighted by atomic mass is 15.1. The normalized spacial score (nSPS) is 18.0. The number of anilines is 3. The zero-order valence-corrected chi connectivity index (χ0v) is 33.7. The van der Waals surface area contributed by atoms with Gasteiger partial charge in [0.2, 0.25) is 0 Å². The van der Waals surface area contributed by atoms with Crippen molar-refractivity contribution >= 4 is 38.9 Å². The number of allylic oxidation sites excluding steroid dienone is 4. The Bertz CT molecular complexity index is 3240. The SMILES string of the molecule is CC1(C)c2cc(N(c3cccc(-n4c5ccccc5c5ccccc54)c3)c3cccc4c3-c3ccccc3C43c4ccccc4-c4ccccc43)ccc2C2C=CC=CC21. The number of rotatable bonds is 4. The summed E-state index contributed by atoms with van der Waals surface area (Å²) in [4.78, 5) is 2.56. The molecule has 0 amide bonds. The van der Waals surface area contributed by atoms with Crippen molar-refractivity contribution < 1.29 is 0 Å². The lowest BCUT2D eigenvalue weighted by molar-refractivity contribution is 0.394. The van der Waals surface area contributed by atoms with Crippen molar-refractivity contribution in [3.05, 3.63) is 240 Å². The smallest absolute Gasteiger partial charge is 0.0726 e. The molecule has 0 saturated carbocycles. The zero-order valence-electron chi connectivity index (χ0n) is 33.7. The number of hydrogen-bond donors (Lipinski definition) is 0. The van der Waals surface area contributed by atoms with Gasteiger partial charge in [-0.15, -0.1) is 0 Å². The molecule has 2 unspecified atom stereocenters. The van der Waals surface area contributed by atoms with Gasteiger partial charge in [-0.3, -0.25) is 0 Å².